The van der Waals surface area contributed by atoms with Crippen LogP contribution in [0.3, 0.4) is 0 Å². The minimum absolute atomic E-state index is 0.128. The molecule has 3 aromatic rings. The molecule has 10 nitrogen and oxygen atoms in total. The van der Waals surface area contributed by atoms with Crippen molar-refractivity contribution in [1.29, 1.82) is 0 Å². The molecule has 0 saturated carbocycles. The van der Waals surface area contributed by atoms with Crippen LogP contribution in [0.1, 0.15) is 16.8 Å². The Bertz CT molecular complexity index is 1400. The number of benzene rings is 3. The molecule has 0 aliphatic carbocycles. The van der Waals surface area contributed by atoms with Gasteiger partial charge in [0.05, 0.1) is 28.8 Å². The van der Waals surface area contributed by atoms with Gasteiger partial charge >= 0.3 is 0 Å². The van der Waals surface area contributed by atoms with Crippen molar-refractivity contribution in [2.45, 2.75) is 6.42 Å². The number of hydrogen-bond donors (Lipinski definition) is 2. The van der Waals surface area contributed by atoms with Gasteiger partial charge in [0.25, 0.3) is 11.6 Å². The normalized spacial score (nSPS) is 13.3. The number of carbonyl (C=O) groups excluding carboxylic acids is 1. The molecule has 218 valence electrons. The van der Waals surface area contributed by atoms with Crippen LogP contribution in [0, 0.1) is 15.9 Å². The predicted octanol–water partition coefficient (Wildman–Crippen LogP) is 5.61. The Morgan fingerprint density at radius 3 is 2.51 bits per heavy atom. The van der Waals surface area contributed by atoms with Crippen molar-refractivity contribution in [3.63, 3.8) is 0 Å². The number of nitro groups is 1. The molecule has 0 radical (unpaired) electrons. The number of rotatable bonds is 11. The Morgan fingerprint density at radius 1 is 1.05 bits per heavy atom. The van der Waals surface area contributed by atoms with E-state index in [1.807, 2.05) is 30.9 Å². The zero-order valence-corrected chi connectivity index (χ0v) is 24.1. The summed E-state index contributed by atoms with van der Waals surface area (Å²) in [5, 5.41) is 17.8. The van der Waals surface area contributed by atoms with E-state index in [-0.39, 0.29) is 22.0 Å². The molecule has 2 N–H and O–H groups in total. The number of carbonyl (C=O) groups is 1. The van der Waals surface area contributed by atoms with Gasteiger partial charge in [-0.15, -0.1) is 0 Å². The minimum Gasteiger partial charge on any atom is -0.378 e. The van der Waals surface area contributed by atoms with Crippen LogP contribution in [0.15, 0.2) is 54.6 Å². The van der Waals surface area contributed by atoms with Gasteiger partial charge in [-0.25, -0.2) is 4.39 Å². The molecular formula is C29H34ClFN6O4. The third-order valence-corrected chi connectivity index (χ3v) is 7.06. The van der Waals surface area contributed by atoms with Crippen LogP contribution in [-0.2, 0) is 4.74 Å². The van der Waals surface area contributed by atoms with Crippen molar-refractivity contribution in [2.75, 3.05) is 81.0 Å². The molecular weight excluding hydrogens is 551 g/mol. The lowest BCUT2D eigenvalue weighted by molar-refractivity contribution is -0.383. The number of nitrogens with one attached hydrogen (secondary N) is 2. The topological polar surface area (TPSA) is 103 Å². The highest BCUT2D eigenvalue weighted by Gasteiger charge is 2.19. The van der Waals surface area contributed by atoms with Crippen LogP contribution >= 0.6 is 11.6 Å². The summed E-state index contributed by atoms with van der Waals surface area (Å²) in [6.07, 6.45) is 0.922. The molecule has 1 amide bonds. The second-order valence-corrected chi connectivity index (χ2v) is 10.5. The fraction of sp³-hybridized carbons (Fsp3) is 0.345. The highest BCUT2D eigenvalue weighted by Crippen LogP contribution is 2.35. The van der Waals surface area contributed by atoms with Gasteiger partial charge < -0.3 is 30.1 Å². The summed E-state index contributed by atoms with van der Waals surface area (Å²) in [5.41, 5.74) is 2.44. The summed E-state index contributed by atoms with van der Waals surface area (Å²) in [6, 6.07) is 13.8. The molecule has 1 aliphatic rings. The van der Waals surface area contributed by atoms with Crippen molar-refractivity contribution >= 4 is 51.6 Å². The molecule has 1 heterocycles. The average Bonchev–Trinajstić information content (AvgIpc) is 2.94. The molecule has 0 spiro atoms. The lowest BCUT2D eigenvalue weighted by Gasteiger charge is -2.29. The Balaban J connectivity index is 1.54. The first-order chi connectivity index (χ1) is 19.6. The van der Waals surface area contributed by atoms with Crippen LogP contribution < -0.4 is 20.4 Å². The van der Waals surface area contributed by atoms with E-state index in [4.69, 9.17) is 16.3 Å². The van der Waals surface area contributed by atoms with Gasteiger partial charge in [-0.3, -0.25) is 14.9 Å². The SMILES string of the molecule is CN(C)CCCN(C)c1ccc([N+](=O)[O-])c(Nc2cc(C(=O)Nc3cc(F)cc(N4CCOCC4)c3)ccc2Cl)c1. The molecule has 1 fully saturated rings. The molecule has 41 heavy (non-hydrogen) atoms. The number of halogens is 2. The van der Waals surface area contributed by atoms with E-state index in [1.54, 1.807) is 18.2 Å². The number of morpholine rings is 1. The van der Waals surface area contributed by atoms with Gasteiger partial charge in [0.1, 0.15) is 11.5 Å². The van der Waals surface area contributed by atoms with E-state index < -0.39 is 16.6 Å². The molecule has 1 aliphatic heterocycles. The zero-order valence-electron chi connectivity index (χ0n) is 23.3. The van der Waals surface area contributed by atoms with E-state index in [0.717, 1.165) is 25.2 Å². The summed E-state index contributed by atoms with van der Waals surface area (Å²) < 4.78 is 19.8. The molecule has 0 atom stereocenters. The van der Waals surface area contributed by atoms with E-state index in [9.17, 15) is 19.3 Å². The number of nitrogens with zero attached hydrogens (tertiary/aromatic N) is 4. The fourth-order valence-electron chi connectivity index (χ4n) is 4.54. The van der Waals surface area contributed by atoms with Crippen LogP contribution in [-0.4, -0.2) is 76.3 Å². The summed E-state index contributed by atoms with van der Waals surface area (Å²) in [4.78, 5) is 30.6. The van der Waals surface area contributed by atoms with Gasteiger partial charge in [-0.2, -0.15) is 0 Å². The van der Waals surface area contributed by atoms with Crippen LogP contribution in [0.5, 0.6) is 0 Å². The minimum atomic E-state index is -0.480. The van der Waals surface area contributed by atoms with Gasteiger partial charge in [-0.1, -0.05) is 11.6 Å². The Labute approximate surface area is 243 Å². The van der Waals surface area contributed by atoms with Gasteiger partial charge in [-0.05, 0) is 75.6 Å². The number of hydrogen-bond acceptors (Lipinski definition) is 8. The van der Waals surface area contributed by atoms with Gasteiger partial charge in [0, 0.05) is 55.4 Å². The van der Waals surface area contributed by atoms with Crippen molar-refractivity contribution in [3.05, 3.63) is 81.1 Å². The van der Waals surface area contributed by atoms with E-state index in [2.05, 4.69) is 15.5 Å². The molecule has 4 rings (SSSR count). The van der Waals surface area contributed by atoms with E-state index in [0.29, 0.717) is 43.4 Å². The van der Waals surface area contributed by atoms with E-state index >= 15 is 0 Å². The Hall–Kier alpha value is -3.93. The maximum absolute atomic E-state index is 14.4. The zero-order chi connectivity index (χ0) is 29.5. The number of amides is 1. The predicted molar refractivity (Wildman–Crippen MR) is 162 cm³/mol. The standard InChI is InChI=1S/C29H34ClFN6O4/c1-34(2)9-4-10-35(3)23-6-8-28(37(39)40)27(19-23)33-26-15-20(5-7-25(26)30)29(38)32-22-16-21(31)17-24(18-22)36-11-13-41-14-12-36/h5-8,15-19,33H,4,9-14H2,1-3H3,(H,32,38). The third kappa shape index (κ3) is 8.06. The fourth-order valence-corrected chi connectivity index (χ4v) is 4.70. The Morgan fingerprint density at radius 2 is 1.80 bits per heavy atom. The molecule has 0 bridgehead atoms. The average molecular weight is 585 g/mol. The maximum atomic E-state index is 14.4. The first-order valence-corrected chi connectivity index (χ1v) is 13.6. The second kappa shape index (κ2) is 13.6. The first-order valence-electron chi connectivity index (χ1n) is 13.3. The van der Waals surface area contributed by atoms with Crippen LogP contribution in [0.2, 0.25) is 5.02 Å². The second-order valence-electron chi connectivity index (χ2n) is 10.1. The largest absolute Gasteiger partial charge is 0.378 e. The number of nitro benzene ring substituents is 1. The molecule has 3 aromatic carbocycles. The lowest BCUT2D eigenvalue weighted by Crippen LogP contribution is -2.36. The van der Waals surface area contributed by atoms with E-state index in [1.165, 1.54) is 36.4 Å². The van der Waals surface area contributed by atoms with Crippen molar-refractivity contribution in [2.24, 2.45) is 0 Å². The summed E-state index contributed by atoms with van der Waals surface area (Å²) in [7, 11) is 5.94. The summed E-state index contributed by atoms with van der Waals surface area (Å²) >= 11 is 6.43. The first kappa shape index (κ1) is 30.0. The number of anilines is 5. The maximum Gasteiger partial charge on any atom is 0.292 e. The summed E-state index contributed by atoms with van der Waals surface area (Å²) in [6.45, 7) is 4.03. The van der Waals surface area contributed by atoms with Gasteiger partial charge in [0.15, 0.2) is 0 Å². The van der Waals surface area contributed by atoms with Gasteiger partial charge in [0.2, 0.25) is 0 Å². The quantitative estimate of drug-likeness (QED) is 0.221. The van der Waals surface area contributed by atoms with Crippen LogP contribution in [0.25, 0.3) is 0 Å². The molecule has 0 unspecified atom stereocenters. The van der Waals surface area contributed by atoms with Crippen molar-refractivity contribution in [3.8, 4) is 0 Å². The monoisotopic (exact) mass is 584 g/mol. The molecule has 1 saturated heterocycles. The summed E-state index contributed by atoms with van der Waals surface area (Å²) in [5.74, 6) is -0.950. The number of ether oxygens (including phenoxy) is 1. The van der Waals surface area contributed by atoms with Crippen LogP contribution in [0.4, 0.5) is 38.5 Å². The highest BCUT2D eigenvalue weighted by atomic mass is 35.5. The third-order valence-electron chi connectivity index (χ3n) is 6.73. The van der Waals surface area contributed by atoms with Crippen molar-refractivity contribution in [1.82, 2.24) is 4.90 Å². The van der Waals surface area contributed by atoms with Crippen molar-refractivity contribution < 1.29 is 18.8 Å². The molecule has 0 aromatic heterocycles. The molecule has 12 heteroatoms. The lowest BCUT2D eigenvalue weighted by atomic mass is 10.1. The highest BCUT2D eigenvalue weighted by molar-refractivity contribution is 6.33. The smallest absolute Gasteiger partial charge is 0.292 e. The Kier molecular flexibility index (Phi) is 9.98.